The third-order valence-electron chi connectivity index (χ3n) is 2.59. The third kappa shape index (κ3) is 6.04. The van der Waals surface area contributed by atoms with Gasteiger partial charge in [0.15, 0.2) is 6.61 Å². The van der Waals surface area contributed by atoms with Gasteiger partial charge in [-0.15, -0.1) is 6.58 Å². The number of amides is 1. The smallest absolute Gasteiger partial charge is 0.303 e. The highest BCUT2D eigenvalue weighted by Crippen LogP contribution is 2.18. The van der Waals surface area contributed by atoms with Crippen molar-refractivity contribution in [3.8, 4) is 5.75 Å². The van der Waals surface area contributed by atoms with Crippen LogP contribution in [0.4, 0.5) is 0 Å². The molecule has 20 heavy (non-hydrogen) atoms. The monoisotopic (exact) mass is 277 g/mol. The predicted molar refractivity (Wildman–Crippen MR) is 75.7 cm³/mol. The Balaban J connectivity index is 2.33. The van der Waals surface area contributed by atoms with E-state index in [1.165, 1.54) is 0 Å². The molecule has 0 spiro atoms. The van der Waals surface area contributed by atoms with Crippen molar-refractivity contribution in [2.24, 2.45) is 0 Å². The molecule has 0 saturated heterocycles. The molecule has 5 heteroatoms. The fourth-order valence-electron chi connectivity index (χ4n) is 1.63. The number of carbonyl (C=O) groups is 2. The lowest BCUT2D eigenvalue weighted by molar-refractivity contribution is -0.137. The number of ether oxygens (including phenoxy) is 1. The van der Waals surface area contributed by atoms with Crippen molar-refractivity contribution in [3.05, 3.63) is 42.5 Å². The topological polar surface area (TPSA) is 75.6 Å². The van der Waals surface area contributed by atoms with Crippen molar-refractivity contribution in [3.63, 3.8) is 0 Å². The van der Waals surface area contributed by atoms with Gasteiger partial charge >= 0.3 is 5.97 Å². The van der Waals surface area contributed by atoms with Gasteiger partial charge in [-0.25, -0.2) is 0 Å². The maximum atomic E-state index is 11.5. The summed E-state index contributed by atoms with van der Waals surface area (Å²) >= 11 is 0. The molecule has 0 saturated carbocycles. The second-order valence-corrected chi connectivity index (χ2v) is 4.24. The van der Waals surface area contributed by atoms with Gasteiger partial charge in [0.05, 0.1) is 0 Å². The van der Waals surface area contributed by atoms with Crippen LogP contribution in [-0.4, -0.2) is 30.1 Å². The molecule has 0 radical (unpaired) electrons. The highest BCUT2D eigenvalue weighted by Gasteiger charge is 2.05. The van der Waals surface area contributed by atoms with Crippen LogP contribution in [0.1, 0.15) is 18.4 Å². The molecule has 0 aliphatic heterocycles. The standard InChI is InChI=1S/C15H19NO4/c1-2-6-12-7-3-4-8-13(12)20-11-14(17)16-10-5-9-15(18)19/h2-4,7-8H,1,5-6,9-11H2,(H,16,17)(H,18,19). The molecule has 1 amide bonds. The second-order valence-electron chi connectivity index (χ2n) is 4.24. The Morgan fingerprint density at radius 2 is 2.10 bits per heavy atom. The van der Waals surface area contributed by atoms with Crippen molar-refractivity contribution in [1.82, 2.24) is 5.32 Å². The SMILES string of the molecule is C=CCc1ccccc1OCC(=O)NCCCC(=O)O. The van der Waals surface area contributed by atoms with Gasteiger partial charge in [-0.1, -0.05) is 24.3 Å². The summed E-state index contributed by atoms with van der Waals surface area (Å²) in [6.07, 6.45) is 2.90. The minimum Gasteiger partial charge on any atom is -0.483 e. The number of allylic oxidation sites excluding steroid dienone is 1. The zero-order chi connectivity index (χ0) is 14.8. The van der Waals surface area contributed by atoms with Crippen LogP contribution in [-0.2, 0) is 16.0 Å². The van der Waals surface area contributed by atoms with Gasteiger partial charge in [-0.2, -0.15) is 0 Å². The molecular weight excluding hydrogens is 258 g/mol. The Hall–Kier alpha value is -2.30. The highest BCUT2D eigenvalue weighted by molar-refractivity contribution is 5.77. The lowest BCUT2D eigenvalue weighted by Gasteiger charge is -2.10. The van der Waals surface area contributed by atoms with Crippen molar-refractivity contribution in [2.75, 3.05) is 13.2 Å². The van der Waals surface area contributed by atoms with E-state index in [1.54, 1.807) is 12.1 Å². The molecule has 5 nitrogen and oxygen atoms in total. The largest absolute Gasteiger partial charge is 0.483 e. The van der Waals surface area contributed by atoms with Crippen LogP contribution in [0.15, 0.2) is 36.9 Å². The molecule has 1 aromatic carbocycles. The number of para-hydroxylation sites is 1. The van der Waals surface area contributed by atoms with Crippen LogP contribution in [0.5, 0.6) is 5.75 Å². The first kappa shape index (κ1) is 15.8. The third-order valence-corrected chi connectivity index (χ3v) is 2.59. The number of carboxylic acids is 1. The van der Waals surface area contributed by atoms with Gasteiger partial charge in [0.1, 0.15) is 5.75 Å². The number of aliphatic carboxylic acids is 1. The summed E-state index contributed by atoms with van der Waals surface area (Å²) in [7, 11) is 0. The summed E-state index contributed by atoms with van der Waals surface area (Å²) in [5.41, 5.74) is 0.973. The van der Waals surface area contributed by atoms with Crippen LogP contribution < -0.4 is 10.1 Å². The van der Waals surface area contributed by atoms with Crippen molar-refractivity contribution >= 4 is 11.9 Å². The van der Waals surface area contributed by atoms with E-state index in [1.807, 2.05) is 18.2 Å². The Bertz CT molecular complexity index is 471. The van der Waals surface area contributed by atoms with Crippen molar-refractivity contribution in [2.45, 2.75) is 19.3 Å². The normalized spacial score (nSPS) is 9.80. The van der Waals surface area contributed by atoms with E-state index in [0.717, 1.165) is 5.56 Å². The van der Waals surface area contributed by atoms with E-state index in [-0.39, 0.29) is 18.9 Å². The summed E-state index contributed by atoms with van der Waals surface area (Å²) in [6, 6.07) is 7.46. The van der Waals surface area contributed by atoms with Gasteiger partial charge < -0.3 is 15.2 Å². The minimum absolute atomic E-state index is 0.0449. The molecule has 0 bridgehead atoms. The Labute approximate surface area is 118 Å². The van der Waals surface area contributed by atoms with E-state index in [9.17, 15) is 9.59 Å². The highest BCUT2D eigenvalue weighted by atomic mass is 16.5. The zero-order valence-electron chi connectivity index (χ0n) is 11.3. The molecule has 0 aliphatic rings. The van der Waals surface area contributed by atoms with Gasteiger partial charge in [-0.05, 0) is 24.5 Å². The summed E-state index contributed by atoms with van der Waals surface area (Å²) in [6.45, 7) is 3.93. The molecule has 108 valence electrons. The fourth-order valence-corrected chi connectivity index (χ4v) is 1.63. The van der Waals surface area contributed by atoms with Crippen LogP contribution in [0.3, 0.4) is 0 Å². The van der Waals surface area contributed by atoms with E-state index < -0.39 is 5.97 Å². The Morgan fingerprint density at radius 1 is 1.35 bits per heavy atom. The van der Waals surface area contributed by atoms with E-state index >= 15 is 0 Å². The predicted octanol–water partition coefficient (Wildman–Crippen LogP) is 1.77. The molecule has 0 heterocycles. The number of hydrogen-bond donors (Lipinski definition) is 2. The molecule has 2 N–H and O–H groups in total. The number of carbonyl (C=O) groups excluding carboxylic acids is 1. The summed E-state index contributed by atoms with van der Waals surface area (Å²) in [5, 5.41) is 11.1. The Kier molecular flexibility index (Phi) is 6.89. The lowest BCUT2D eigenvalue weighted by atomic mass is 10.1. The second kappa shape index (κ2) is 8.74. The van der Waals surface area contributed by atoms with E-state index in [4.69, 9.17) is 9.84 Å². The van der Waals surface area contributed by atoms with Gasteiger partial charge in [0.25, 0.3) is 5.91 Å². The molecule has 0 aromatic heterocycles. The average molecular weight is 277 g/mol. The number of nitrogens with one attached hydrogen (secondary N) is 1. The Morgan fingerprint density at radius 3 is 2.80 bits per heavy atom. The van der Waals surface area contributed by atoms with Crippen molar-refractivity contribution < 1.29 is 19.4 Å². The molecule has 0 unspecified atom stereocenters. The van der Waals surface area contributed by atoms with Crippen LogP contribution in [0.25, 0.3) is 0 Å². The average Bonchev–Trinajstić information content (AvgIpc) is 2.43. The van der Waals surface area contributed by atoms with E-state index in [0.29, 0.717) is 25.1 Å². The maximum Gasteiger partial charge on any atom is 0.303 e. The fraction of sp³-hybridized carbons (Fsp3) is 0.333. The molecule has 1 aromatic rings. The van der Waals surface area contributed by atoms with Crippen LogP contribution in [0, 0.1) is 0 Å². The zero-order valence-corrected chi connectivity index (χ0v) is 11.3. The van der Waals surface area contributed by atoms with Crippen molar-refractivity contribution in [1.29, 1.82) is 0 Å². The first-order chi connectivity index (χ1) is 9.63. The molecule has 0 aliphatic carbocycles. The molecular formula is C15H19NO4. The van der Waals surface area contributed by atoms with Crippen LogP contribution >= 0.6 is 0 Å². The van der Waals surface area contributed by atoms with E-state index in [2.05, 4.69) is 11.9 Å². The number of benzene rings is 1. The van der Waals surface area contributed by atoms with Gasteiger partial charge in [0, 0.05) is 13.0 Å². The number of hydrogen-bond acceptors (Lipinski definition) is 3. The number of carboxylic acid groups (broad SMARTS) is 1. The molecule has 0 atom stereocenters. The summed E-state index contributed by atoms with van der Waals surface area (Å²) in [5.74, 6) is -0.467. The lowest BCUT2D eigenvalue weighted by Crippen LogP contribution is -2.30. The maximum absolute atomic E-state index is 11.5. The quantitative estimate of drug-likeness (QED) is 0.533. The van der Waals surface area contributed by atoms with Gasteiger partial charge in [-0.3, -0.25) is 9.59 Å². The summed E-state index contributed by atoms with van der Waals surface area (Å²) < 4.78 is 5.45. The minimum atomic E-state index is -0.867. The van der Waals surface area contributed by atoms with Gasteiger partial charge in [0.2, 0.25) is 0 Å². The molecule has 0 fully saturated rings. The van der Waals surface area contributed by atoms with Crippen LogP contribution in [0.2, 0.25) is 0 Å². The first-order valence-electron chi connectivity index (χ1n) is 6.43. The first-order valence-corrected chi connectivity index (χ1v) is 6.43. The number of rotatable bonds is 9. The molecule has 1 rings (SSSR count). The summed E-state index contributed by atoms with van der Waals surface area (Å²) in [4.78, 5) is 21.8.